The normalized spacial score (nSPS) is 19.2. The van der Waals surface area contributed by atoms with E-state index in [-0.39, 0.29) is 54.0 Å². The van der Waals surface area contributed by atoms with E-state index >= 15 is 0 Å². The van der Waals surface area contributed by atoms with Crippen molar-refractivity contribution in [3.05, 3.63) is 88.0 Å². The summed E-state index contributed by atoms with van der Waals surface area (Å²) in [5.74, 6) is 0.362. The number of benzene rings is 1. The van der Waals surface area contributed by atoms with Gasteiger partial charge in [-0.3, -0.25) is 57.4 Å². The summed E-state index contributed by atoms with van der Waals surface area (Å²) in [5.41, 5.74) is 6.00. The Hall–Kier alpha value is -6.49. The number of fused-ring (bicyclic) bond motifs is 1. The quantitative estimate of drug-likeness (QED) is 0.0185. The van der Waals surface area contributed by atoms with Crippen LogP contribution in [0.1, 0.15) is 28.7 Å². The van der Waals surface area contributed by atoms with Crippen LogP contribution >= 0.6 is 23.5 Å². The topological polar surface area (TPSA) is 481 Å². The van der Waals surface area contributed by atoms with Gasteiger partial charge in [0.25, 0.3) is 5.56 Å². The molecule has 390 valence electrons. The Morgan fingerprint density at radius 2 is 1.33 bits per heavy atom. The first-order valence-corrected chi connectivity index (χ1v) is 24.7. The molecule has 14 N–H and O–H groups in total. The largest absolute Gasteiger partial charge is 0.490 e. The molecule has 0 saturated carbocycles. The summed E-state index contributed by atoms with van der Waals surface area (Å²) in [5, 5.41) is 63.7. The van der Waals surface area contributed by atoms with E-state index in [1.165, 1.54) is 12.1 Å². The predicted molar refractivity (Wildman–Crippen MR) is 241 cm³/mol. The average molecular weight is 1070 g/mol. The van der Waals surface area contributed by atoms with E-state index in [2.05, 4.69) is 66.7 Å². The minimum absolute atomic E-state index is 0.113. The summed E-state index contributed by atoms with van der Waals surface area (Å²) in [6.07, 6.45) is -5.65. The van der Waals surface area contributed by atoms with Crippen molar-refractivity contribution in [1.29, 1.82) is 0 Å². The number of imidazole rings is 1. The van der Waals surface area contributed by atoms with Gasteiger partial charge in [-0.25, -0.2) is 18.7 Å². The van der Waals surface area contributed by atoms with Gasteiger partial charge in [0.15, 0.2) is 17.4 Å². The Morgan fingerprint density at radius 1 is 0.806 bits per heavy atom. The van der Waals surface area contributed by atoms with Crippen molar-refractivity contribution < 1.29 is 101 Å². The highest BCUT2D eigenvalue weighted by Crippen LogP contribution is 2.67. The van der Waals surface area contributed by atoms with Crippen molar-refractivity contribution in [1.82, 2.24) is 39.6 Å². The Kier molecular flexibility index (Phi) is 19.0. The smallest absolute Gasteiger partial charge is 0.480 e. The monoisotopic (exact) mass is 1070 g/mol. The highest BCUT2D eigenvalue weighted by molar-refractivity contribution is 7.66. The van der Waals surface area contributed by atoms with E-state index in [0.29, 0.717) is 16.8 Å². The maximum absolute atomic E-state index is 12.5. The lowest BCUT2D eigenvalue weighted by atomic mass is 10.1. The number of carboxylic acids is 4. The molecule has 4 aromatic rings. The fraction of sp³-hybridized carbons (Fsp3) is 0.351. The number of pyridine rings is 1. The van der Waals surface area contributed by atoms with Gasteiger partial charge in [0.1, 0.15) is 18.3 Å². The van der Waals surface area contributed by atoms with Crippen molar-refractivity contribution in [3.8, 4) is 11.8 Å². The minimum atomic E-state index is -5.92. The summed E-state index contributed by atoms with van der Waals surface area (Å²) in [4.78, 5) is 104. The van der Waals surface area contributed by atoms with Crippen molar-refractivity contribution in [2.24, 2.45) is 0 Å². The molecule has 72 heavy (non-hydrogen) atoms. The van der Waals surface area contributed by atoms with Gasteiger partial charge in [-0.05, 0) is 36.4 Å². The zero-order chi connectivity index (χ0) is 53.1. The number of hydrogen-bond acceptors (Lipinski definition) is 23. The number of nitrogens with zero attached hydrogens (tertiary/aromatic N) is 6. The summed E-state index contributed by atoms with van der Waals surface area (Å²) in [7, 11) is -17.1. The molecular weight excluding hydrogens is 1030 g/mol. The minimum Gasteiger partial charge on any atom is -0.480 e. The molecule has 4 unspecified atom stereocenters. The van der Waals surface area contributed by atoms with E-state index in [4.69, 9.17) is 10.5 Å². The van der Waals surface area contributed by atoms with E-state index in [1.54, 1.807) is 24.3 Å². The molecule has 0 aliphatic carbocycles. The number of aliphatic hydroxyl groups excluding tert-OH is 2. The lowest BCUT2D eigenvalue weighted by Gasteiger charge is -2.20. The molecule has 1 saturated heterocycles. The molecule has 32 nitrogen and oxygen atoms in total. The first-order chi connectivity index (χ1) is 33.7. The standard InChI is InChI=1S/C37H45N10O22P3/c1-20(41-23-6-4-21(5-7-23)2-3-22-10-24(12-45(14-27(48)49)15-28(50)51)42-25(11-22)13-46(16-29(52)53)17-30(54)55)39-8-9-65-70(59,60)68-72(63,64)69-71(61,62)66-18-26-32(56)33(57)36(67-26)47-19-40-31-34(47)43-37(38)44-35(31)58/h4-7,10-11,19,26,32-33,36,39,41,56-57H,1,8-9,12-18H2,(H,48,49)(H,50,51)(H,52,53)(H,54,55)(H,59,60)(H,61,62)(H,63,64)(H3,38,43,44,58)/t26-,32?,33+,36-/m1/s1. The van der Waals surface area contributed by atoms with E-state index < -0.39 is 117 Å². The van der Waals surface area contributed by atoms with Crippen LogP contribution in [-0.2, 0) is 68.4 Å². The first kappa shape index (κ1) is 56.4. The molecule has 0 amide bonds. The maximum atomic E-state index is 12.5. The molecule has 1 aliphatic heterocycles. The molecule has 0 spiro atoms. The van der Waals surface area contributed by atoms with Crippen LogP contribution in [0.2, 0.25) is 0 Å². The average Bonchev–Trinajstić information content (AvgIpc) is 3.78. The lowest BCUT2D eigenvalue weighted by Crippen LogP contribution is -2.35. The molecule has 1 aliphatic rings. The number of nitrogen functional groups attached to an aromatic ring is 1. The van der Waals surface area contributed by atoms with Crippen LogP contribution in [0.15, 0.2) is 59.9 Å². The second-order valence-electron chi connectivity index (χ2n) is 15.1. The number of aliphatic carboxylic acids is 4. The summed E-state index contributed by atoms with van der Waals surface area (Å²) in [6, 6.07) is 9.23. The molecule has 0 radical (unpaired) electrons. The molecule has 1 aromatic carbocycles. The lowest BCUT2D eigenvalue weighted by molar-refractivity contribution is -0.144. The van der Waals surface area contributed by atoms with Gasteiger partial charge < -0.3 is 66.4 Å². The number of anilines is 2. The van der Waals surface area contributed by atoms with Gasteiger partial charge in [-0.2, -0.15) is 13.6 Å². The number of rotatable bonds is 27. The number of carbonyl (C=O) groups is 4. The van der Waals surface area contributed by atoms with Crippen LogP contribution in [0.5, 0.6) is 0 Å². The molecular formula is C37H45N10O22P3. The molecule has 0 bridgehead atoms. The number of nitrogens with one attached hydrogen (secondary N) is 3. The molecule has 5 rings (SSSR count). The third-order valence-electron chi connectivity index (χ3n) is 9.24. The first-order valence-electron chi connectivity index (χ1n) is 20.2. The van der Waals surface area contributed by atoms with Crippen molar-refractivity contribution in [2.45, 2.75) is 37.6 Å². The fourth-order valence-corrected chi connectivity index (χ4v) is 10.0. The molecule has 1 fully saturated rings. The van der Waals surface area contributed by atoms with Crippen LogP contribution in [0.25, 0.3) is 11.2 Å². The number of aliphatic hydroxyl groups is 2. The number of nitrogens with two attached hydrogens (primary N) is 1. The number of phosphoric ester groups is 2. The molecule has 4 heterocycles. The Morgan fingerprint density at radius 3 is 1.88 bits per heavy atom. The van der Waals surface area contributed by atoms with E-state index in [0.717, 1.165) is 20.7 Å². The number of H-pyrrole nitrogens is 1. The number of aromatic nitrogens is 5. The number of phosphoric acid groups is 3. The van der Waals surface area contributed by atoms with Crippen molar-refractivity contribution >= 4 is 70.1 Å². The van der Waals surface area contributed by atoms with Gasteiger partial charge in [0, 0.05) is 36.4 Å². The molecule has 3 aromatic heterocycles. The van der Waals surface area contributed by atoms with Crippen molar-refractivity contribution in [3.63, 3.8) is 0 Å². The number of aromatic amines is 1. The number of ether oxygens (including phenoxy) is 1. The zero-order valence-corrected chi connectivity index (χ0v) is 39.5. The summed E-state index contributed by atoms with van der Waals surface area (Å²) < 4.78 is 61.3. The summed E-state index contributed by atoms with van der Waals surface area (Å²) in [6.45, 7) is -1.45. The van der Waals surface area contributed by atoms with Crippen LogP contribution in [0.4, 0.5) is 11.6 Å². The highest BCUT2D eigenvalue weighted by atomic mass is 31.3. The summed E-state index contributed by atoms with van der Waals surface area (Å²) >= 11 is 0. The van der Waals surface area contributed by atoms with E-state index in [9.17, 15) is 83.0 Å². The van der Waals surface area contributed by atoms with Crippen LogP contribution in [0, 0.1) is 11.8 Å². The van der Waals surface area contributed by atoms with Gasteiger partial charge in [0.2, 0.25) is 5.95 Å². The fourth-order valence-electron chi connectivity index (χ4n) is 6.52. The third-order valence-corrected chi connectivity index (χ3v) is 13.5. The Balaban J connectivity index is 1.11. The van der Waals surface area contributed by atoms with E-state index in [1.807, 2.05) is 0 Å². The number of hydrogen-bond donors (Lipinski definition) is 13. The maximum Gasteiger partial charge on any atom is 0.490 e. The predicted octanol–water partition coefficient (Wildman–Crippen LogP) is -1.40. The van der Waals surface area contributed by atoms with Crippen LogP contribution < -0.4 is 21.9 Å². The van der Waals surface area contributed by atoms with Crippen LogP contribution in [0.3, 0.4) is 0 Å². The SMILES string of the molecule is C=C(NCCOP(=O)(O)OP(=O)(O)OP(=O)(O)OC[C@H]1O[C@@H](n2cnc3c(=O)[nH]c(N)nc32)[C@@H](O)C1O)Nc1ccc(C#Cc2cc(CN(CC(=O)O)CC(=O)O)nc(CN(CC(=O)O)CC(=O)O)c2)cc1. The van der Waals surface area contributed by atoms with Gasteiger partial charge in [-0.1, -0.05) is 18.4 Å². The molecule has 7 atom stereocenters. The highest BCUT2D eigenvalue weighted by Gasteiger charge is 2.47. The van der Waals surface area contributed by atoms with Gasteiger partial charge >= 0.3 is 47.3 Å². The van der Waals surface area contributed by atoms with Gasteiger partial charge in [-0.15, -0.1) is 0 Å². The third kappa shape index (κ3) is 17.4. The Labute approximate surface area is 404 Å². The molecule has 35 heteroatoms. The Bertz CT molecular complexity index is 2860. The zero-order valence-electron chi connectivity index (χ0n) is 36.9. The number of carboxylic acid groups (broad SMARTS) is 4. The van der Waals surface area contributed by atoms with Crippen molar-refractivity contribution in [2.75, 3.05) is 57.0 Å². The van der Waals surface area contributed by atoms with Crippen LogP contribution in [-0.4, -0.2) is 168 Å². The second kappa shape index (κ2) is 24.3. The second-order valence-corrected chi connectivity index (χ2v) is 19.7. The van der Waals surface area contributed by atoms with Gasteiger partial charge in [0.05, 0.1) is 62.9 Å².